The molecule has 0 bridgehead atoms. The highest BCUT2D eigenvalue weighted by molar-refractivity contribution is 8.02. The van der Waals surface area contributed by atoms with Crippen molar-refractivity contribution < 1.29 is 9.66 Å². The Bertz CT molecular complexity index is 1110. The number of nitro benzene ring substituents is 1. The molecule has 0 N–H and O–H groups in total. The summed E-state index contributed by atoms with van der Waals surface area (Å²) < 4.78 is 6.02. The molecule has 0 fully saturated rings. The van der Waals surface area contributed by atoms with Crippen LogP contribution in [0.25, 0.3) is 0 Å². The normalized spacial score (nSPS) is 11.6. The van der Waals surface area contributed by atoms with Crippen LogP contribution in [-0.2, 0) is 0 Å². The molecule has 0 atom stereocenters. The van der Waals surface area contributed by atoms with Gasteiger partial charge < -0.3 is 4.74 Å². The molecule has 0 amide bonds. The Morgan fingerprint density at radius 1 is 1.00 bits per heavy atom. The molecule has 3 aromatic rings. The zero-order valence-electron chi connectivity index (χ0n) is 17.0. The van der Waals surface area contributed by atoms with Crippen LogP contribution < -0.4 is 4.74 Å². The number of hydrogen-bond donors (Lipinski definition) is 0. The van der Waals surface area contributed by atoms with Crippen LogP contribution in [0.4, 0.5) is 11.4 Å². The Labute approximate surface area is 180 Å². The summed E-state index contributed by atoms with van der Waals surface area (Å²) in [5.41, 5.74) is 4.35. The van der Waals surface area contributed by atoms with Crippen molar-refractivity contribution in [1.82, 2.24) is 0 Å². The van der Waals surface area contributed by atoms with Crippen LogP contribution >= 0.6 is 11.8 Å². The van der Waals surface area contributed by atoms with Gasteiger partial charge in [0.2, 0.25) is 5.90 Å². The number of nitro groups is 1. The zero-order chi connectivity index (χ0) is 21.5. The molecule has 0 saturated heterocycles. The first-order valence-corrected chi connectivity index (χ1v) is 10.3. The third-order valence-corrected chi connectivity index (χ3v) is 5.22. The van der Waals surface area contributed by atoms with Gasteiger partial charge in [0.25, 0.3) is 5.69 Å². The van der Waals surface area contributed by atoms with E-state index in [-0.39, 0.29) is 5.69 Å². The second kappa shape index (κ2) is 9.89. The van der Waals surface area contributed by atoms with E-state index in [1.165, 1.54) is 29.5 Å². The summed E-state index contributed by atoms with van der Waals surface area (Å²) in [7, 11) is 0. The lowest BCUT2D eigenvalue weighted by Crippen LogP contribution is -2.04. The Kier molecular flexibility index (Phi) is 7.03. The second-order valence-electron chi connectivity index (χ2n) is 6.81. The van der Waals surface area contributed by atoms with Crippen molar-refractivity contribution in [3.63, 3.8) is 0 Å². The lowest BCUT2D eigenvalue weighted by Gasteiger charge is -2.07. The summed E-state index contributed by atoms with van der Waals surface area (Å²) in [5.74, 6) is 1.17. The van der Waals surface area contributed by atoms with Crippen molar-refractivity contribution in [3.8, 4) is 5.75 Å². The first-order valence-electron chi connectivity index (χ1n) is 9.39. The topological polar surface area (TPSA) is 64.7 Å². The van der Waals surface area contributed by atoms with Crippen molar-refractivity contribution in [2.75, 3.05) is 0 Å². The van der Waals surface area contributed by atoms with Crippen molar-refractivity contribution in [2.45, 2.75) is 25.7 Å². The molecular formula is C24H22N2O3S. The van der Waals surface area contributed by atoms with E-state index in [4.69, 9.17) is 4.74 Å². The fourth-order valence-electron chi connectivity index (χ4n) is 2.63. The van der Waals surface area contributed by atoms with E-state index in [0.717, 1.165) is 21.7 Å². The summed E-state index contributed by atoms with van der Waals surface area (Å²) in [4.78, 5) is 15.9. The van der Waals surface area contributed by atoms with E-state index in [9.17, 15) is 10.1 Å². The van der Waals surface area contributed by atoms with Gasteiger partial charge in [-0.1, -0.05) is 30.0 Å². The van der Waals surface area contributed by atoms with E-state index in [0.29, 0.717) is 11.6 Å². The van der Waals surface area contributed by atoms with Crippen molar-refractivity contribution in [1.29, 1.82) is 0 Å². The second-order valence-corrected chi connectivity index (χ2v) is 7.79. The van der Waals surface area contributed by atoms with Gasteiger partial charge in [0.1, 0.15) is 5.75 Å². The standard InChI is InChI=1S/C24H22N2O3S/c1-17-5-4-6-22(15-17)29-24(25-20-8-7-18(2)19(3)16-20)13-14-30-23-11-9-21(10-12-23)26(27)28/h4-16H,1-3H3. The Morgan fingerprint density at radius 2 is 1.77 bits per heavy atom. The summed E-state index contributed by atoms with van der Waals surface area (Å²) in [6.07, 6.45) is 1.80. The SMILES string of the molecule is Cc1cccc(OC(C=CSc2ccc([N+](=O)[O-])cc2)=Nc2ccc(C)c(C)c2)c1. The summed E-state index contributed by atoms with van der Waals surface area (Å²) in [6.45, 7) is 6.12. The van der Waals surface area contributed by atoms with E-state index >= 15 is 0 Å². The predicted octanol–water partition coefficient (Wildman–Crippen LogP) is 6.94. The Hall–Kier alpha value is -3.38. The van der Waals surface area contributed by atoms with Crippen LogP contribution in [-0.4, -0.2) is 10.8 Å². The molecule has 0 aliphatic heterocycles. The molecule has 30 heavy (non-hydrogen) atoms. The van der Waals surface area contributed by atoms with Crippen LogP contribution in [0.5, 0.6) is 5.75 Å². The third kappa shape index (κ3) is 6.06. The lowest BCUT2D eigenvalue weighted by atomic mass is 10.1. The molecule has 0 aromatic heterocycles. The summed E-state index contributed by atoms with van der Waals surface area (Å²) in [6, 6.07) is 20.2. The number of hydrogen-bond acceptors (Lipinski definition) is 5. The van der Waals surface area contributed by atoms with Crippen molar-refractivity contribution in [3.05, 3.63) is 105 Å². The van der Waals surface area contributed by atoms with Crippen LogP contribution in [0.3, 0.4) is 0 Å². The van der Waals surface area contributed by atoms with Gasteiger partial charge in [-0.2, -0.15) is 0 Å². The minimum Gasteiger partial charge on any atom is -0.439 e. The van der Waals surface area contributed by atoms with Gasteiger partial charge in [0.05, 0.1) is 10.6 Å². The van der Waals surface area contributed by atoms with Gasteiger partial charge in [-0.25, -0.2) is 4.99 Å². The van der Waals surface area contributed by atoms with E-state index in [1.807, 2.05) is 54.8 Å². The molecule has 0 heterocycles. The monoisotopic (exact) mass is 418 g/mol. The number of rotatable bonds is 6. The van der Waals surface area contributed by atoms with Crippen LogP contribution in [0, 0.1) is 30.9 Å². The quantitative estimate of drug-likeness (QED) is 0.143. The van der Waals surface area contributed by atoms with Gasteiger partial charge in [-0.05, 0) is 79.3 Å². The van der Waals surface area contributed by atoms with E-state index in [1.54, 1.807) is 18.2 Å². The largest absolute Gasteiger partial charge is 0.439 e. The van der Waals surface area contributed by atoms with E-state index in [2.05, 4.69) is 18.8 Å². The van der Waals surface area contributed by atoms with Crippen LogP contribution in [0.1, 0.15) is 16.7 Å². The van der Waals surface area contributed by atoms with Crippen molar-refractivity contribution in [2.24, 2.45) is 4.99 Å². The van der Waals surface area contributed by atoms with Gasteiger partial charge in [0, 0.05) is 23.1 Å². The highest BCUT2D eigenvalue weighted by Gasteiger charge is 2.05. The maximum atomic E-state index is 10.8. The van der Waals surface area contributed by atoms with Crippen molar-refractivity contribution >= 4 is 29.0 Å². The number of aryl methyl sites for hydroxylation is 3. The van der Waals surface area contributed by atoms with Crippen LogP contribution in [0.2, 0.25) is 0 Å². The van der Waals surface area contributed by atoms with Gasteiger partial charge in [-0.15, -0.1) is 0 Å². The molecule has 5 nitrogen and oxygen atoms in total. The number of nitrogens with zero attached hydrogens (tertiary/aromatic N) is 2. The number of ether oxygens (including phenoxy) is 1. The van der Waals surface area contributed by atoms with Gasteiger partial charge >= 0.3 is 0 Å². The Balaban J connectivity index is 1.82. The van der Waals surface area contributed by atoms with E-state index < -0.39 is 4.92 Å². The zero-order valence-corrected chi connectivity index (χ0v) is 17.8. The Morgan fingerprint density at radius 3 is 2.43 bits per heavy atom. The molecule has 3 aromatic carbocycles. The average Bonchev–Trinajstić information content (AvgIpc) is 2.71. The van der Waals surface area contributed by atoms with Gasteiger partial charge in [0.15, 0.2) is 0 Å². The first-order chi connectivity index (χ1) is 14.4. The number of aliphatic imine (C=N–C) groups is 1. The minimum absolute atomic E-state index is 0.0723. The predicted molar refractivity (Wildman–Crippen MR) is 123 cm³/mol. The number of thioether (sulfide) groups is 1. The molecular weight excluding hydrogens is 396 g/mol. The molecule has 0 spiro atoms. The fourth-order valence-corrected chi connectivity index (χ4v) is 3.27. The highest BCUT2D eigenvalue weighted by atomic mass is 32.2. The number of non-ortho nitro benzene ring substituents is 1. The molecule has 0 aliphatic rings. The molecule has 0 radical (unpaired) electrons. The fraction of sp³-hybridized carbons (Fsp3) is 0.125. The summed E-state index contributed by atoms with van der Waals surface area (Å²) in [5, 5.41) is 12.6. The molecule has 0 unspecified atom stereocenters. The molecule has 0 aliphatic carbocycles. The maximum Gasteiger partial charge on any atom is 0.269 e. The number of benzene rings is 3. The summed E-state index contributed by atoms with van der Waals surface area (Å²) >= 11 is 1.44. The third-order valence-electron chi connectivity index (χ3n) is 4.40. The molecule has 6 heteroatoms. The first kappa shape index (κ1) is 21.3. The average molecular weight is 419 g/mol. The maximum absolute atomic E-state index is 10.8. The molecule has 3 rings (SSSR count). The smallest absolute Gasteiger partial charge is 0.269 e. The molecule has 0 saturated carbocycles. The van der Waals surface area contributed by atoms with Gasteiger partial charge in [-0.3, -0.25) is 10.1 Å². The lowest BCUT2D eigenvalue weighted by molar-refractivity contribution is -0.384. The molecule has 152 valence electrons. The minimum atomic E-state index is -0.408. The highest BCUT2D eigenvalue weighted by Crippen LogP contribution is 2.23. The van der Waals surface area contributed by atoms with Crippen LogP contribution in [0.15, 0.2) is 88.1 Å².